The van der Waals surface area contributed by atoms with Gasteiger partial charge in [-0.3, -0.25) is 0 Å². The predicted molar refractivity (Wildman–Crippen MR) is 90.5 cm³/mol. The summed E-state index contributed by atoms with van der Waals surface area (Å²) in [7, 11) is 0. The largest absolute Gasteiger partial charge is 0.307 e. The van der Waals surface area contributed by atoms with E-state index < -0.39 is 0 Å². The van der Waals surface area contributed by atoms with E-state index in [0.717, 1.165) is 17.7 Å². The molecule has 0 aromatic heterocycles. The third-order valence-electron chi connectivity index (χ3n) is 4.24. The predicted octanol–water partition coefficient (Wildman–Crippen LogP) is 5.70. The molecule has 0 radical (unpaired) electrons. The number of nitrogens with one attached hydrogen (secondary N) is 1. The van der Waals surface area contributed by atoms with Crippen molar-refractivity contribution in [2.75, 3.05) is 5.75 Å². The highest BCUT2D eigenvalue weighted by Gasteiger charge is 2.22. The Morgan fingerprint density at radius 3 is 2.90 bits per heavy atom. The number of halogens is 1. The first-order valence-corrected chi connectivity index (χ1v) is 9.37. The van der Waals surface area contributed by atoms with Crippen molar-refractivity contribution in [3.63, 3.8) is 0 Å². The van der Waals surface area contributed by atoms with Crippen molar-refractivity contribution in [3.8, 4) is 0 Å². The second-order valence-electron chi connectivity index (χ2n) is 6.14. The molecule has 2 rings (SSSR count). The van der Waals surface area contributed by atoms with Gasteiger partial charge in [0.2, 0.25) is 0 Å². The first kappa shape index (κ1) is 16.8. The fraction of sp³-hybridized carbons (Fsp3) is 0.667. The number of benzene rings is 1. The first-order valence-electron chi connectivity index (χ1n) is 8.39. The average molecular weight is 309 g/mol. The van der Waals surface area contributed by atoms with Crippen LogP contribution >= 0.6 is 11.8 Å². The monoisotopic (exact) mass is 309 g/mol. The number of hydrogen-bond acceptors (Lipinski definition) is 2. The number of unbranched alkanes of at least 4 members (excludes halogenated alkanes) is 4. The van der Waals surface area contributed by atoms with Crippen LogP contribution in [0.25, 0.3) is 0 Å². The van der Waals surface area contributed by atoms with Crippen LogP contribution in [0.1, 0.15) is 70.4 Å². The fourth-order valence-electron chi connectivity index (χ4n) is 3.02. The topological polar surface area (TPSA) is 12.0 Å². The molecule has 0 fully saturated rings. The van der Waals surface area contributed by atoms with E-state index in [4.69, 9.17) is 0 Å². The van der Waals surface area contributed by atoms with Crippen LogP contribution in [0, 0.1) is 5.82 Å². The lowest BCUT2D eigenvalue weighted by molar-refractivity contribution is 0.407. The average Bonchev–Trinajstić information content (AvgIpc) is 2.48. The molecule has 21 heavy (non-hydrogen) atoms. The summed E-state index contributed by atoms with van der Waals surface area (Å²) in [6.45, 7) is 4.52. The number of fused-ring (bicyclic) bond motifs is 1. The zero-order chi connectivity index (χ0) is 15.1. The smallest absolute Gasteiger partial charge is 0.123 e. The van der Waals surface area contributed by atoms with E-state index in [-0.39, 0.29) is 5.82 Å². The van der Waals surface area contributed by atoms with E-state index in [1.807, 2.05) is 17.8 Å². The van der Waals surface area contributed by atoms with Gasteiger partial charge in [0.1, 0.15) is 5.82 Å². The first-order chi connectivity index (χ1) is 10.2. The minimum absolute atomic E-state index is 0.115. The zero-order valence-electron chi connectivity index (χ0n) is 13.3. The van der Waals surface area contributed by atoms with E-state index in [0.29, 0.717) is 12.1 Å². The molecule has 1 aliphatic rings. The minimum Gasteiger partial charge on any atom is -0.307 e. The van der Waals surface area contributed by atoms with E-state index in [2.05, 4.69) is 19.2 Å². The second-order valence-corrected chi connectivity index (χ2v) is 7.28. The quantitative estimate of drug-likeness (QED) is 0.618. The van der Waals surface area contributed by atoms with Crippen molar-refractivity contribution in [3.05, 3.63) is 29.6 Å². The van der Waals surface area contributed by atoms with Crippen molar-refractivity contribution < 1.29 is 4.39 Å². The van der Waals surface area contributed by atoms with Gasteiger partial charge in [-0.05, 0) is 49.3 Å². The molecule has 118 valence electrons. The van der Waals surface area contributed by atoms with Gasteiger partial charge in [0, 0.05) is 17.0 Å². The van der Waals surface area contributed by atoms with Gasteiger partial charge in [0.15, 0.2) is 0 Å². The Hall–Kier alpha value is -0.540. The van der Waals surface area contributed by atoms with Crippen LogP contribution in [0.3, 0.4) is 0 Å². The summed E-state index contributed by atoms with van der Waals surface area (Å²) in [6, 6.07) is 6.05. The molecular formula is C18H28FNS. The fourth-order valence-corrected chi connectivity index (χ4v) is 4.12. The molecule has 2 unspecified atom stereocenters. The Balaban J connectivity index is 1.82. The van der Waals surface area contributed by atoms with Crippen molar-refractivity contribution in [2.45, 2.75) is 75.8 Å². The summed E-state index contributed by atoms with van der Waals surface area (Å²) in [5.74, 6) is 1.01. The second kappa shape index (κ2) is 8.79. The lowest BCUT2D eigenvalue weighted by Gasteiger charge is -2.29. The summed E-state index contributed by atoms with van der Waals surface area (Å²) >= 11 is 1.85. The van der Waals surface area contributed by atoms with E-state index >= 15 is 0 Å². The highest BCUT2D eigenvalue weighted by molar-refractivity contribution is 7.99. The van der Waals surface area contributed by atoms with Crippen molar-refractivity contribution >= 4 is 11.8 Å². The summed E-state index contributed by atoms with van der Waals surface area (Å²) < 4.78 is 13.5. The van der Waals surface area contributed by atoms with Crippen LogP contribution < -0.4 is 5.32 Å². The molecule has 1 aromatic rings. The number of thioether (sulfide) groups is 1. The Kier molecular flexibility index (Phi) is 7.05. The third kappa shape index (κ3) is 5.30. The molecule has 1 N–H and O–H groups in total. The molecule has 1 aliphatic heterocycles. The summed E-state index contributed by atoms with van der Waals surface area (Å²) in [6.07, 6.45) is 8.97. The van der Waals surface area contributed by atoms with Gasteiger partial charge in [0.05, 0.1) is 0 Å². The molecule has 0 saturated carbocycles. The van der Waals surface area contributed by atoms with Crippen molar-refractivity contribution in [1.82, 2.24) is 5.32 Å². The highest BCUT2D eigenvalue weighted by atomic mass is 32.2. The van der Waals surface area contributed by atoms with Gasteiger partial charge in [-0.15, -0.1) is 11.8 Å². The number of rotatable bonds is 8. The molecule has 0 saturated heterocycles. The van der Waals surface area contributed by atoms with Crippen LogP contribution in [0.2, 0.25) is 0 Å². The Morgan fingerprint density at radius 2 is 2.10 bits per heavy atom. The molecule has 1 nitrogen and oxygen atoms in total. The van der Waals surface area contributed by atoms with Crippen LogP contribution in [0.15, 0.2) is 23.1 Å². The maximum atomic E-state index is 13.5. The van der Waals surface area contributed by atoms with E-state index in [9.17, 15) is 4.39 Å². The number of hydrogen-bond donors (Lipinski definition) is 1. The van der Waals surface area contributed by atoms with E-state index in [1.165, 1.54) is 43.4 Å². The van der Waals surface area contributed by atoms with Gasteiger partial charge >= 0.3 is 0 Å². The summed E-state index contributed by atoms with van der Waals surface area (Å²) in [5, 5.41) is 3.71. The minimum atomic E-state index is -0.115. The molecule has 0 bridgehead atoms. The molecule has 1 aromatic carbocycles. The highest BCUT2D eigenvalue weighted by Crippen LogP contribution is 2.36. The summed E-state index contributed by atoms with van der Waals surface area (Å²) in [4.78, 5) is 1.25. The molecule has 3 heteroatoms. The van der Waals surface area contributed by atoms with Crippen LogP contribution in [0.4, 0.5) is 4.39 Å². The Labute approximate surface area is 133 Å². The summed E-state index contributed by atoms with van der Waals surface area (Å²) in [5.41, 5.74) is 1.16. The Morgan fingerprint density at radius 1 is 1.29 bits per heavy atom. The lowest BCUT2D eigenvalue weighted by Crippen LogP contribution is -2.32. The van der Waals surface area contributed by atoms with Crippen molar-refractivity contribution in [1.29, 1.82) is 0 Å². The normalized spacial score (nSPS) is 19.3. The Bertz CT molecular complexity index is 435. The molecule has 1 heterocycles. The molecule has 0 spiro atoms. The SMILES string of the molecule is CCCCCCCC(C)NC1CCSc2ccc(F)cc21. The zero-order valence-corrected chi connectivity index (χ0v) is 14.1. The van der Waals surface area contributed by atoms with Gasteiger partial charge in [-0.1, -0.05) is 39.0 Å². The molecule has 2 atom stereocenters. The maximum Gasteiger partial charge on any atom is 0.123 e. The third-order valence-corrected chi connectivity index (χ3v) is 5.36. The van der Waals surface area contributed by atoms with Gasteiger partial charge in [0.25, 0.3) is 0 Å². The van der Waals surface area contributed by atoms with Crippen LogP contribution in [-0.2, 0) is 0 Å². The van der Waals surface area contributed by atoms with Crippen LogP contribution in [-0.4, -0.2) is 11.8 Å². The van der Waals surface area contributed by atoms with Gasteiger partial charge in [-0.2, -0.15) is 0 Å². The van der Waals surface area contributed by atoms with E-state index in [1.54, 1.807) is 12.1 Å². The molecular weight excluding hydrogens is 281 g/mol. The lowest BCUT2D eigenvalue weighted by atomic mass is 10.0. The standard InChI is InChI=1S/C18H28FNS/c1-3-4-5-6-7-8-14(2)20-17-11-12-21-18-10-9-15(19)13-16(17)18/h9-10,13-14,17,20H,3-8,11-12H2,1-2H3. The van der Waals surface area contributed by atoms with Gasteiger partial charge in [-0.25, -0.2) is 4.39 Å². The van der Waals surface area contributed by atoms with Crippen molar-refractivity contribution in [2.24, 2.45) is 0 Å². The van der Waals surface area contributed by atoms with Crippen LogP contribution in [0.5, 0.6) is 0 Å². The molecule has 0 amide bonds. The van der Waals surface area contributed by atoms with Gasteiger partial charge < -0.3 is 5.32 Å². The maximum absolute atomic E-state index is 13.5. The molecule has 0 aliphatic carbocycles.